The molecule has 5 heteroatoms. The summed E-state index contributed by atoms with van der Waals surface area (Å²) in [5.74, 6) is 0. The van der Waals surface area contributed by atoms with Gasteiger partial charge in [0, 0.05) is 18.7 Å². The molecule has 2 rings (SSSR count). The van der Waals surface area contributed by atoms with Crippen LogP contribution in [0.5, 0.6) is 0 Å². The topological polar surface area (TPSA) is 79.0 Å². The summed E-state index contributed by atoms with van der Waals surface area (Å²) in [6, 6.07) is 16.0. The molecule has 0 aromatic heterocycles. The Morgan fingerprint density at radius 2 is 2.00 bits per heavy atom. The van der Waals surface area contributed by atoms with Crippen molar-refractivity contribution in [1.29, 1.82) is 5.26 Å². The van der Waals surface area contributed by atoms with Crippen molar-refractivity contribution in [3.8, 4) is 6.07 Å². The van der Waals surface area contributed by atoms with Crippen LogP contribution in [0.2, 0.25) is 0 Å². The summed E-state index contributed by atoms with van der Waals surface area (Å²) in [6.07, 6.45) is 3.89. The van der Waals surface area contributed by atoms with Crippen LogP contribution in [0.15, 0.2) is 54.6 Å². The number of non-ortho nitro benzene ring substituents is 1. The predicted octanol–water partition coefficient (Wildman–Crippen LogP) is 3.59. The zero-order valence-corrected chi connectivity index (χ0v) is 11.2. The first-order chi connectivity index (χ1) is 10.2. The molecule has 0 unspecified atom stereocenters. The number of hydrogen-bond acceptors (Lipinski definition) is 4. The molecule has 0 amide bonds. The monoisotopic (exact) mass is 279 g/mol. The first-order valence-electron chi connectivity index (χ1n) is 6.34. The maximum Gasteiger partial charge on any atom is 0.270 e. The second kappa shape index (κ2) is 6.87. The molecule has 0 saturated heterocycles. The lowest BCUT2D eigenvalue weighted by Gasteiger charge is -2.05. The largest absolute Gasteiger partial charge is 0.380 e. The fraction of sp³-hybridized carbons (Fsp3) is 0.0625. The molecule has 1 N–H and O–H groups in total. The van der Waals surface area contributed by atoms with Crippen molar-refractivity contribution in [2.75, 3.05) is 11.9 Å². The number of rotatable bonds is 5. The number of benzene rings is 2. The predicted molar refractivity (Wildman–Crippen MR) is 81.8 cm³/mol. The zero-order chi connectivity index (χ0) is 15.1. The lowest BCUT2D eigenvalue weighted by Crippen LogP contribution is -2.01. The fourth-order valence-corrected chi connectivity index (χ4v) is 1.82. The molecule has 104 valence electrons. The van der Waals surface area contributed by atoms with E-state index >= 15 is 0 Å². The molecule has 0 atom stereocenters. The minimum Gasteiger partial charge on any atom is -0.380 e. The molecule has 0 fully saturated rings. The Morgan fingerprint density at radius 1 is 1.24 bits per heavy atom. The van der Waals surface area contributed by atoms with Crippen molar-refractivity contribution < 1.29 is 4.92 Å². The van der Waals surface area contributed by atoms with Gasteiger partial charge in [0.1, 0.15) is 6.07 Å². The van der Waals surface area contributed by atoms with Gasteiger partial charge in [0.05, 0.1) is 16.2 Å². The number of anilines is 1. The van der Waals surface area contributed by atoms with Crippen LogP contribution in [-0.2, 0) is 0 Å². The molecule has 0 spiro atoms. The molecule has 0 aliphatic carbocycles. The van der Waals surface area contributed by atoms with E-state index in [0.29, 0.717) is 12.2 Å². The highest BCUT2D eigenvalue weighted by Gasteiger charge is 2.09. The lowest BCUT2D eigenvalue weighted by atomic mass is 10.1. The van der Waals surface area contributed by atoms with E-state index in [1.54, 1.807) is 6.07 Å². The van der Waals surface area contributed by atoms with E-state index in [-0.39, 0.29) is 11.3 Å². The summed E-state index contributed by atoms with van der Waals surface area (Å²) in [5.41, 5.74) is 1.85. The molecule has 21 heavy (non-hydrogen) atoms. The van der Waals surface area contributed by atoms with Crippen molar-refractivity contribution in [1.82, 2.24) is 0 Å². The van der Waals surface area contributed by atoms with Crippen LogP contribution < -0.4 is 5.32 Å². The molecule has 2 aromatic rings. The van der Waals surface area contributed by atoms with Crippen LogP contribution in [0.25, 0.3) is 6.08 Å². The fourth-order valence-electron chi connectivity index (χ4n) is 1.82. The first-order valence-corrected chi connectivity index (χ1v) is 6.34. The summed E-state index contributed by atoms with van der Waals surface area (Å²) in [4.78, 5) is 10.1. The molecule has 0 heterocycles. The van der Waals surface area contributed by atoms with E-state index in [0.717, 1.165) is 5.56 Å². The number of nitro benzene ring substituents is 1. The van der Waals surface area contributed by atoms with Crippen LogP contribution in [0.1, 0.15) is 11.1 Å². The van der Waals surface area contributed by atoms with Crippen LogP contribution >= 0.6 is 0 Å². The third kappa shape index (κ3) is 3.91. The Hall–Kier alpha value is -3.13. The molecular weight excluding hydrogens is 266 g/mol. The number of nitrogens with one attached hydrogen (secondary N) is 1. The van der Waals surface area contributed by atoms with Gasteiger partial charge in [0.15, 0.2) is 0 Å². The van der Waals surface area contributed by atoms with E-state index in [4.69, 9.17) is 5.26 Å². The summed E-state index contributed by atoms with van der Waals surface area (Å²) >= 11 is 0. The molecule has 5 nitrogen and oxygen atoms in total. The van der Waals surface area contributed by atoms with Gasteiger partial charge < -0.3 is 5.32 Å². The smallest absolute Gasteiger partial charge is 0.270 e. The van der Waals surface area contributed by atoms with Gasteiger partial charge in [-0.1, -0.05) is 42.5 Å². The van der Waals surface area contributed by atoms with Crippen LogP contribution in [0.4, 0.5) is 11.4 Å². The second-order valence-electron chi connectivity index (χ2n) is 4.29. The Morgan fingerprint density at radius 3 is 2.67 bits per heavy atom. The van der Waals surface area contributed by atoms with Gasteiger partial charge >= 0.3 is 0 Å². The minimum atomic E-state index is -0.514. The van der Waals surface area contributed by atoms with Crippen molar-refractivity contribution in [3.63, 3.8) is 0 Å². The Balaban J connectivity index is 2.02. The zero-order valence-electron chi connectivity index (χ0n) is 11.2. The third-order valence-electron chi connectivity index (χ3n) is 2.85. The summed E-state index contributed by atoms with van der Waals surface area (Å²) in [7, 11) is 0. The van der Waals surface area contributed by atoms with Gasteiger partial charge in [0.2, 0.25) is 0 Å². The van der Waals surface area contributed by atoms with Crippen molar-refractivity contribution in [2.24, 2.45) is 0 Å². The number of hydrogen-bond donors (Lipinski definition) is 1. The van der Waals surface area contributed by atoms with Gasteiger partial charge in [-0.15, -0.1) is 0 Å². The lowest BCUT2D eigenvalue weighted by molar-refractivity contribution is -0.384. The number of nitro groups is 1. The standard InChI is InChI=1S/C16H13N3O2/c17-12-14-11-15(19(20)21)8-9-16(14)18-10-4-7-13-5-2-1-3-6-13/h1-9,11,18H,10H2/b7-4+. The maximum absolute atomic E-state index is 10.7. The SMILES string of the molecule is N#Cc1cc([N+](=O)[O-])ccc1NC/C=C/c1ccccc1. The van der Waals surface area contributed by atoms with Crippen LogP contribution in [-0.4, -0.2) is 11.5 Å². The highest BCUT2D eigenvalue weighted by molar-refractivity contribution is 5.62. The quantitative estimate of drug-likeness (QED) is 0.670. The highest BCUT2D eigenvalue weighted by atomic mass is 16.6. The van der Waals surface area contributed by atoms with E-state index in [9.17, 15) is 10.1 Å². The third-order valence-corrected chi connectivity index (χ3v) is 2.85. The van der Waals surface area contributed by atoms with Gasteiger partial charge in [-0.2, -0.15) is 5.26 Å². The molecule has 0 aliphatic heterocycles. The molecule has 0 saturated carbocycles. The van der Waals surface area contributed by atoms with Crippen molar-refractivity contribution >= 4 is 17.5 Å². The Bertz CT molecular complexity index is 703. The maximum atomic E-state index is 10.7. The molecule has 2 aromatic carbocycles. The molecular formula is C16H13N3O2. The Kier molecular flexibility index (Phi) is 4.67. The van der Waals surface area contributed by atoms with Crippen LogP contribution in [0.3, 0.4) is 0 Å². The van der Waals surface area contributed by atoms with Crippen molar-refractivity contribution in [3.05, 3.63) is 75.8 Å². The van der Waals surface area contributed by atoms with Gasteiger partial charge in [-0.3, -0.25) is 10.1 Å². The summed E-state index contributed by atoms with van der Waals surface area (Å²) in [5, 5.41) is 22.8. The highest BCUT2D eigenvalue weighted by Crippen LogP contribution is 2.21. The first kappa shape index (κ1) is 14.3. The molecule has 0 radical (unpaired) electrons. The van der Waals surface area contributed by atoms with E-state index in [1.165, 1.54) is 12.1 Å². The summed E-state index contributed by atoms with van der Waals surface area (Å²) in [6.45, 7) is 0.529. The average molecular weight is 279 g/mol. The van der Waals surface area contributed by atoms with Crippen molar-refractivity contribution in [2.45, 2.75) is 0 Å². The normalized spacial score (nSPS) is 10.2. The van der Waals surface area contributed by atoms with E-state index < -0.39 is 4.92 Å². The van der Waals surface area contributed by atoms with E-state index in [2.05, 4.69) is 5.32 Å². The van der Waals surface area contributed by atoms with E-state index in [1.807, 2.05) is 48.6 Å². The number of nitriles is 1. The average Bonchev–Trinajstić information content (AvgIpc) is 2.52. The number of nitrogens with zero attached hydrogens (tertiary/aromatic N) is 2. The van der Waals surface area contributed by atoms with Crippen LogP contribution in [0, 0.1) is 21.4 Å². The second-order valence-corrected chi connectivity index (χ2v) is 4.29. The molecule has 0 aliphatic rings. The Labute approximate surface area is 122 Å². The van der Waals surface area contributed by atoms with Gasteiger partial charge in [-0.05, 0) is 11.6 Å². The van der Waals surface area contributed by atoms with Gasteiger partial charge in [0.25, 0.3) is 5.69 Å². The van der Waals surface area contributed by atoms with Gasteiger partial charge in [-0.25, -0.2) is 0 Å². The minimum absolute atomic E-state index is 0.0862. The molecule has 0 bridgehead atoms. The summed E-state index contributed by atoms with van der Waals surface area (Å²) < 4.78 is 0.